The van der Waals surface area contributed by atoms with Crippen LogP contribution in [0.5, 0.6) is 0 Å². The largest absolute Gasteiger partial charge is 0.390 e. The summed E-state index contributed by atoms with van der Waals surface area (Å²) in [7, 11) is 0. The van der Waals surface area contributed by atoms with Crippen molar-refractivity contribution in [2.24, 2.45) is 0 Å². The van der Waals surface area contributed by atoms with Gasteiger partial charge in [-0.15, -0.1) is 0 Å². The number of rotatable bonds is 3. The number of halogens is 3. The van der Waals surface area contributed by atoms with Crippen LogP contribution in [-0.2, 0) is 5.41 Å². The second-order valence-electron chi connectivity index (χ2n) is 7.35. The Labute approximate surface area is 131 Å². The molecule has 1 aliphatic rings. The normalized spacial score (nSPS) is 18.6. The quantitative estimate of drug-likeness (QED) is 0.749. The van der Waals surface area contributed by atoms with Crippen LogP contribution >= 0.6 is 0 Å². The molecule has 2 rings (SSSR count). The zero-order valence-electron chi connectivity index (χ0n) is 13.7. The molecule has 1 fully saturated rings. The number of hydrogen-bond acceptors (Lipinski definition) is 1. The van der Waals surface area contributed by atoms with Gasteiger partial charge in [-0.05, 0) is 48.4 Å². The van der Waals surface area contributed by atoms with E-state index in [-0.39, 0.29) is 12.0 Å². The zero-order chi connectivity index (χ0) is 16.4. The van der Waals surface area contributed by atoms with Crippen LogP contribution in [0.15, 0.2) is 24.3 Å². The van der Waals surface area contributed by atoms with E-state index < -0.39 is 12.6 Å². The number of piperidine rings is 1. The Morgan fingerprint density at radius 3 is 2.00 bits per heavy atom. The van der Waals surface area contributed by atoms with E-state index in [0.717, 1.165) is 25.9 Å². The molecule has 22 heavy (non-hydrogen) atoms. The molecule has 0 aliphatic carbocycles. The lowest BCUT2D eigenvalue weighted by molar-refractivity contribution is -0.138. The van der Waals surface area contributed by atoms with Crippen molar-refractivity contribution >= 4 is 0 Å². The third kappa shape index (κ3) is 5.01. The van der Waals surface area contributed by atoms with Gasteiger partial charge in [0, 0.05) is 6.54 Å². The van der Waals surface area contributed by atoms with Crippen LogP contribution < -0.4 is 0 Å². The highest BCUT2D eigenvalue weighted by molar-refractivity contribution is 5.29. The van der Waals surface area contributed by atoms with Gasteiger partial charge in [0.25, 0.3) is 0 Å². The van der Waals surface area contributed by atoms with Crippen molar-refractivity contribution in [2.45, 2.75) is 57.5 Å². The second kappa shape index (κ2) is 6.61. The molecule has 0 amide bonds. The SMILES string of the molecule is CC(C)(C)c1ccc(C2CCN(CCC(F)(F)F)CC2)cc1. The second-order valence-corrected chi connectivity index (χ2v) is 7.35. The molecule has 124 valence electrons. The first-order valence-corrected chi connectivity index (χ1v) is 8.05. The monoisotopic (exact) mass is 313 g/mol. The predicted molar refractivity (Wildman–Crippen MR) is 84.2 cm³/mol. The highest BCUT2D eigenvalue weighted by Gasteiger charge is 2.29. The molecule has 0 spiro atoms. The Balaban J connectivity index is 1.86. The molecule has 1 nitrogen and oxygen atoms in total. The van der Waals surface area contributed by atoms with Crippen LogP contribution in [0.1, 0.15) is 57.1 Å². The van der Waals surface area contributed by atoms with Gasteiger partial charge in [0.1, 0.15) is 0 Å². The number of likely N-dealkylation sites (tertiary alicyclic amines) is 1. The van der Waals surface area contributed by atoms with Gasteiger partial charge in [-0.3, -0.25) is 0 Å². The van der Waals surface area contributed by atoms with Crippen molar-refractivity contribution in [3.63, 3.8) is 0 Å². The average molecular weight is 313 g/mol. The zero-order valence-corrected chi connectivity index (χ0v) is 13.7. The van der Waals surface area contributed by atoms with Crippen molar-refractivity contribution in [3.05, 3.63) is 35.4 Å². The number of nitrogens with zero attached hydrogens (tertiary/aromatic N) is 1. The molecule has 0 N–H and O–H groups in total. The van der Waals surface area contributed by atoms with Gasteiger partial charge in [-0.25, -0.2) is 0 Å². The fourth-order valence-corrected chi connectivity index (χ4v) is 3.03. The lowest BCUT2D eigenvalue weighted by Gasteiger charge is -2.32. The minimum atomic E-state index is -4.04. The molecular formula is C18H26F3N. The van der Waals surface area contributed by atoms with Gasteiger partial charge < -0.3 is 4.90 Å². The van der Waals surface area contributed by atoms with Gasteiger partial charge in [0.2, 0.25) is 0 Å². The molecule has 0 radical (unpaired) electrons. The summed E-state index contributed by atoms with van der Waals surface area (Å²) in [6, 6.07) is 8.75. The minimum absolute atomic E-state index is 0.138. The number of alkyl halides is 3. The maximum atomic E-state index is 12.3. The Bertz CT molecular complexity index is 463. The number of benzene rings is 1. The topological polar surface area (TPSA) is 3.24 Å². The van der Waals surface area contributed by atoms with Crippen molar-refractivity contribution in [1.82, 2.24) is 4.90 Å². The van der Waals surface area contributed by atoms with Crippen molar-refractivity contribution in [1.29, 1.82) is 0 Å². The molecule has 0 bridgehead atoms. The maximum Gasteiger partial charge on any atom is 0.390 e. The van der Waals surface area contributed by atoms with Crippen molar-refractivity contribution in [3.8, 4) is 0 Å². The molecule has 1 aliphatic heterocycles. The first-order valence-electron chi connectivity index (χ1n) is 8.05. The molecule has 1 aromatic carbocycles. The van der Waals surface area contributed by atoms with Gasteiger partial charge in [-0.2, -0.15) is 13.2 Å². The van der Waals surface area contributed by atoms with Gasteiger partial charge in [-0.1, -0.05) is 45.0 Å². The van der Waals surface area contributed by atoms with Crippen LogP contribution in [0.3, 0.4) is 0 Å². The Morgan fingerprint density at radius 2 is 1.55 bits per heavy atom. The Morgan fingerprint density at radius 1 is 1.00 bits per heavy atom. The summed E-state index contributed by atoms with van der Waals surface area (Å²) in [5, 5.41) is 0. The van der Waals surface area contributed by atoms with E-state index in [1.807, 2.05) is 4.90 Å². The highest BCUT2D eigenvalue weighted by atomic mass is 19.4. The van der Waals surface area contributed by atoms with E-state index >= 15 is 0 Å². The van der Waals surface area contributed by atoms with Crippen molar-refractivity contribution in [2.75, 3.05) is 19.6 Å². The third-order valence-electron chi connectivity index (χ3n) is 4.55. The molecule has 1 aromatic rings. The van der Waals surface area contributed by atoms with Gasteiger partial charge in [0.15, 0.2) is 0 Å². The average Bonchev–Trinajstić information content (AvgIpc) is 2.44. The highest BCUT2D eigenvalue weighted by Crippen LogP contribution is 2.31. The van der Waals surface area contributed by atoms with E-state index in [9.17, 15) is 13.2 Å². The minimum Gasteiger partial charge on any atom is -0.303 e. The summed E-state index contributed by atoms with van der Waals surface area (Å²) >= 11 is 0. The fraction of sp³-hybridized carbons (Fsp3) is 0.667. The van der Waals surface area contributed by atoms with E-state index in [1.54, 1.807) is 0 Å². The van der Waals surface area contributed by atoms with Crippen LogP contribution in [0.4, 0.5) is 13.2 Å². The van der Waals surface area contributed by atoms with Gasteiger partial charge in [0.05, 0.1) is 6.42 Å². The van der Waals surface area contributed by atoms with E-state index in [2.05, 4.69) is 45.0 Å². The molecule has 0 aromatic heterocycles. The van der Waals surface area contributed by atoms with E-state index in [0.29, 0.717) is 5.92 Å². The van der Waals surface area contributed by atoms with E-state index in [1.165, 1.54) is 11.1 Å². The first kappa shape index (κ1) is 17.3. The summed E-state index contributed by atoms with van der Waals surface area (Å²) in [5.41, 5.74) is 2.79. The standard InChI is InChI=1S/C18H26F3N/c1-17(2,3)16-6-4-14(5-7-16)15-8-11-22(12-9-15)13-10-18(19,20)21/h4-7,15H,8-13H2,1-3H3. The summed E-state index contributed by atoms with van der Waals surface area (Å²) in [5.74, 6) is 0.483. The van der Waals surface area contributed by atoms with Crippen LogP contribution in [-0.4, -0.2) is 30.7 Å². The molecule has 1 saturated heterocycles. The third-order valence-corrected chi connectivity index (χ3v) is 4.55. The van der Waals surface area contributed by atoms with Crippen LogP contribution in [0, 0.1) is 0 Å². The predicted octanol–water partition coefficient (Wildman–Crippen LogP) is 5.12. The molecule has 0 atom stereocenters. The fourth-order valence-electron chi connectivity index (χ4n) is 3.03. The molecule has 4 heteroatoms. The molecule has 1 heterocycles. The first-order chi connectivity index (χ1) is 10.1. The molecule has 0 saturated carbocycles. The number of hydrogen-bond donors (Lipinski definition) is 0. The maximum absolute atomic E-state index is 12.3. The van der Waals surface area contributed by atoms with Crippen molar-refractivity contribution < 1.29 is 13.2 Å². The Kier molecular flexibility index (Phi) is 5.21. The van der Waals surface area contributed by atoms with Gasteiger partial charge >= 0.3 is 6.18 Å². The Hall–Kier alpha value is -1.03. The molecular weight excluding hydrogens is 287 g/mol. The van der Waals surface area contributed by atoms with Crippen LogP contribution in [0.25, 0.3) is 0 Å². The lowest BCUT2D eigenvalue weighted by atomic mass is 9.84. The smallest absolute Gasteiger partial charge is 0.303 e. The summed E-state index contributed by atoms with van der Waals surface area (Å²) < 4.78 is 36.8. The van der Waals surface area contributed by atoms with Crippen LogP contribution in [0.2, 0.25) is 0 Å². The summed E-state index contributed by atoms with van der Waals surface area (Å²) in [6.07, 6.45) is -2.84. The summed E-state index contributed by atoms with van der Waals surface area (Å²) in [4.78, 5) is 1.94. The lowest BCUT2D eigenvalue weighted by Crippen LogP contribution is -2.35. The molecule has 0 unspecified atom stereocenters. The van der Waals surface area contributed by atoms with E-state index in [4.69, 9.17) is 0 Å². The summed E-state index contributed by atoms with van der Waals surface area (Å²) in [6.45, 7) is 8.26.